The SMILES string of the molecule is Oc1ccc(OC2CCc3ccccc32)cc1. The lowest BCUT2D eigenvalue weighted by atomic mass is 10.1. The van der Waals surface area contributed by atoms with Gasteiger partial charge in [0.2, 0.25) is 0 Å². The smallest absolute Gasteiger partial charge is 0.124 e. The third kappa shape index (κ3) is 1.98. The van der Waals surface area contributed by atoms with Gasteiger partial charge in [-0.1, -0.05) is 24.3 Å². The summed E-state index contributed by atoms with van der Waals surface area (Å²) in [6.45, 7) is 0. The summed E-state index contributed by atoms with van der Waals surface area (Å²) in [6, 6.07) is 15.3. The second kappa shape index (κ2) is 4.13. The van der Waals surface area contributed by atoms with Gasteiger partial charge in [0, 0.05) is 0 Å². The average Bonchev–Trinajstić information content (AvgIpc) is 2.76. The molecule has 0 saturated heterocycles. The van der Waals surface area contributed by atoms with E-state index in [0.717, 1.165) is 18.6 Å². The first-order chi connectivity index (χ1) is 8.33. The van der Waals surface area contributed by atoms with E-state index in [1.807, 2.05) is 0 Å². The van der Waals surface area contributed by atoms with Gasteiger partial charge in [0.25, 0.3) is 0 Å². The third-order valence-corrected chi connectivity index (χ3v) is 3.19. The molecular weight excluding hydrogens is 212 g/mol. The van der Waals surface area contributed by atoms with Crippen molar-refractivity contribution in [2.45, 2.75) is 18.9 Å². The van der Waals surface area contributed by atoms with Gasteiger partial charge >= 0.3 is 0 Å². The zero-order chi connectivity index (χ0) is 11.7. The standard InChI is InChI=1S/C15H14O2/c16-12-6-8-13(9-7-12)17-15-10-5-11-3-1-2-4-14(11)15/h1-4,6-9,15-16H,5,10H2. The number of phenolic OH excluding ortho intramolecular Hbond substituents is 1. The van der Waals surface area contributed by atoms with Crippen LogP contribution in [0.4, 0.5) is 0 Å². The molecular formula is C15H14O2. The molecule has 2 heteroatoms. The van der Waals surface area contributed by atoms with Crippen molar-refractivity contribution in [3.05, 3.63) is 59.7 Å². The van der Waals surface area contributed by atoms with Crippen LogP contribution in [0.1, 0.15) is 23.7 Å². The van der Waals surface area contributed by atoms with E-state index >= 15 is 0 Å². The fourth-order valence-electron chi connectivity index (χ4n) is 2.33. The van der Waals surface area contributed by atoms with Gasteiger partial charge in [0.05, 0.1) is 0 Å². The van der Waals surface area contributed by atoms with Gasteiger partial charge in [0.1, 0.15) is 17.6 Å². The Kier molecular flexibility index (Phi) is 2.48. The van der Waals surface area contributed by atoms with E-state index in [1.54, 1.807) is 24.3 Å². The summed E-state index contributed by atoms with van der Waals surface area (Å²) in [7, 11) is 0. The maximum absolute atomic E-state index is 9.22. The Balaban J connectivity index is 1.81. The van der Waals surface area contributed by atoms with Gasteiger partial charge in [-0.15, -0.1) is 0 Å². The molecule has 1 N–H and O–H groups in total. The fraction of sp³-hybridized carbons (Fsp3) is 0.200. The van der Waals surface area contributed by atoms with Gasteiger partial charge in [0.15, 0.2) is 0 Å². The normalized spacial score (nSPS) is 17.8. The van der Waals surface area contributed by atoms with Crippen molar-refractivity contribution in [3.63, 3.8) is 0 Å². The fourth-order valence-corrected chi connectivity index (χ4v) is 2.33. The molecule has 0 spiro atoms. The summed E-state index contributed by atoms with van der Waals surface area (Å²) in [5, 5.41) is 9.22. The highest BCUT2D eigenvalue weighted by Gasteiger charge is 2.23. The van der Waals surface area contributed by atoms with Crippen molar-refractivity contribution in [2.24, 2.45) is 0 Å². The first-order valence-electron chi connectivity index (χ1n) is 5.86. The van der Waals surface area contributed by atoms with E-state index in [9.17, 15) is 5.11 Å². The van der Waals surface area contributed by atoms with E-state index in [2.05, 4.69) is 24.3 Å². The van der Waals surface area contributed by atoms with Gasteiger partial charge in [-0.25, -0.2) is 0 Å². The third-order valence-electron chi connectivity index (χ3n) is 3.19. The quantitative estimate of drug-likeness (QED) is 0.849. The van der Waals surface area contributed by atoms with E-state index in [-0.39, 0.29) is 11.9 Å². The summed E-state index contributed by atoms with van der Waals surface area (Å²) in [5.74, 6) is 1.08. The molecule has 86 valence electrons. The van der Waals surface area contributed by atoms with Crippen LogP contribution in [-0.2, 0) is 6.42 Å². The Labute approximate surface area is 100 Å². The summed E-state index contributed by atoms with van der Waals surface area (Å²) < 4.78 is 5.95. The number of fused-ring (bicyclic) bond motifs is 1. The van der Waals surface area contributed by atoms with Crippen LogP contribution in [0, 0.1) is 0 Å². The van der Waals surface area contributed by atoms with Crippen molar-refractivity contribution >= 4 is 0 Å². The minimum atomic E-state index is 0.149. The van der Waals surface area contributed by atoms with Crippen LogP contribution in [0.5, 0.6) is 11.5 Å². The summed E-state index contributed by atoms with van der Waals surface area (Å²) in [6.07, 6.45) is 2.26. The van der Waals surface area contributed by atoms with E-state index in [0.29, 0.717) is 0 Å². The highest BCUT2D eigenvalue weighted by molar-refractivity contribution is 5.36. The van der Waals surface area contributed by atoms with Crippen molar-refractivity contribution in [3.8, 4) is 11.5 Å². The van der Waals surface area contributed by atoms with Gasteiger partial charge in [-0.05, 0) is 48.2 Å². The highest BCUT2D eigenvalue weighted by Crippen LogP contribution is 2.34. The molecule has 0 aromatic heterocycles. The number of aromatic hydroxyl groups is 1. The number of phenols is 1. The van der Waals surface area contributed by atoms with Gasteiger partial charge in [-0.3, -0.25) is 0 Å². The first-order valence-corrected chi connectivity index (χ1v) is 5.86. The van der Waals surface area contributed by atoms with Crippen LogP contribution in [0.2, 0.25) is 0 Å². The van der Waals surface area contributed by atoms with Crippen LogP contribution in [-0.4, -0.2) is 5.11 Å². The molecule has 2 nitrogen and oxygen atoms in total. The molecule has 0 saturated carbocycles. The van der Waals surface area contributed by atoms with Crippen LogP contribution < -0.4 is 4.74 Å². The second-order valence-electron chi connectivity index (χ2n) is 4.34. The Morgan fingerprint density at radius 2 is 1.76 bits per heavy atom. The molecule has 0 fully saturated rings. The minimum Gasteiger partial charge on any atom is -0.508 e. The van der Waals surface area contributed by atoms with E-state index < -0.39 is 0 Å². The lowest BCUT2D eigenvalue weighted by molar-refractivity contribution is 0.207. The Morgan fingerprint density at radius 3 is 2.59 bits per heavy atom. The van der Waals surface area contributed by atoms with Crippen LogP contribution in [0.25, 0.3) is 0 Å². The number of ether oxygens (including phenoxy) is 1. The molecule has 0 bridgehead atoms. The van der Waals surface area contributed by atoms with Gasteiger partial charge in [-0.2, -0.15) is 0 Å². The molecule has 1 aliphatic carbocycles. The molecule has 0 aliphatic heterocycles. The van der Waals surface area contributed by atoms with Gasteiger partial charge < -0.3 is 9.84 Å². The Morgan fingerprint density at radius 1 is 1.00 bits per heavy atom. The molecule has 2 aromatic rings. The largest absolute Gasteiger partial charge is 0.508 e. The zero-order valence-corrected chi connectivity index (χ0v) is 9.47. The predicted octanol–water partition coefficient (Wildman–Crippen LogP) is 3.46. The number of hydrogen-bond donors (Lipinski definition) is 1. The molecule has 0 heterocycles. The number of rotatable bonds is 2. The highest BCUT2D eigenvalue weighted by atomic mass is 16.5. The number of benzene rings is 2. The molecule has 3 rings (SSSR count). The van der Waals surface area contributed by atoms with Crippen molar-refractivity contribution in [1.82, 2.24) is 0 Å². The Hall–Kier alpha value is -1.96. The molecule has 0 amide bonds. The van der Waals surface area contributed by atoms with E-state index in [4.69, 9.17) is 4.74 Å². The number of hydrogen-bond acceptors (Lipinski definition) is 2. The summed E-state index contributed by atoms with van der Waals surface area (Å²) in [5.41, 5.74) is 2.68. The maximum Gasteiger partial charge on any atom is 0.124 e. The lowest BCUT2D eigenvalue weighted by Gasteiger charge is -2.14. The maximum atomic E-state index is 9.22. The van der Waals surface area contributed by atoms with Crippen molar-refractivity contribution < 1.29 is 9.84 Å². The lowest BCUT2D eigenvalue weighted by Crippen LogP contribution is -2.02. The molecule has 1 aliphatic rings. The molecule has 1 unspecified atom stereocenters. The molecule has 0 radical (unpaired) electrons. The van der Waals surface area contributed by atoms with Crippen LogP contribution in [0.3, 0.4) is 0 Å². The topological polar surface area (TPSA) is 29.5 Å². The first kappa shape index (κ1) is 10.2. The number of aryl methyl sites for hydroxylation is 1. The van der Waals surface area contributed by atoms with Crippen molar-refractivity contribution in [2.75, 3.05) is 0 Å². The Bertz CT molecular complexity index is 517. The average molecular weight is 226 g/mol. The van der Waals surface area contributed by atoms with Crippen LogP contribution in [0.15, 0.2) is 48.5 Å². The summed E-state index contributed by atoms with van der Waals surface area (Å²) >= 11 is 0. The van der Waals surface area contributed by atoms with Crippen molar-refractivity contribution in [1.29, 1.82) is 0 Å². The molecule has 17 heavy (non-hydrogen) atoms. The monoisotopic (exact) mass is 226 g/mol. The predicted molar refractivity (Wildman–Crippen MR) is 66.2 cm³/mol. The molecule has 1 atom stereocenters. The summed E-state index contributed by atoms with van der Waals surface area (Å²) in [4.78, 5) is 0. The van der Waals surface area contributed by atoms with E-state index in [1.165, 1.54) is 11.1 Å². The molecule has 2 aromatic carbocycles. The van der Waals surface area contributed by atoms with Crippen LogP contribution >= 0.6 is 0 Å². The minimum absolute atomic E-state index is 0.149. The zero-order valence-electron chi connectivity index (χ0n) is 9.47. The second-order valence-corrected chi connectivity index (χ2v) is 4.34.